The van der Waals surface area contributed by atoms with Crippen molar-refractivity contribution in [1.82, 2.24) is 10.2 Å². The zero-order valence-corrected chi connectivity index (χ0v) is 22.4. The molecular weight excluding hydrogens is 460 g/mol. The highest BCUT2D eigenvalue weighted by Gasteiger charge is 2.38. The molecule has 2 aliphatic rings. The molecule has 194 valence electrons. The van der Waals surface area contributed by atoms with Crippen LogP contribution in [0.2, 0.25) is 0 Å². The van der Waals surface area contributed by atoms with Crippen molar-refractivity contribution in [2.75, 3.05) is 27.3 Å². The number of fused-ring (bicyclic) bond motifs is 1. The Kier molecular flexibility index (Phi) is 7.52. The third-order valence-corrected chi connectivity index (χ3v) is 8.00. The first-order valence-electron chi connectivity index (χ1n) is 13.4. The summed E-state index contributed by atoms with van der Waals surface area (Å²) >= 11 is 0. The van der Waals surface area contributed by atoms with Crippen LogP contribution in [0, 0.1) is 19.8 Å². The van der Waals surface area contributed by atoms with Crippen LogP contribution in [0.25, 0.3) is 0 Å². The van der Waals surface area contributed by atoms with Crippen molar-refractivity contribution >= 4 is 5.91 Å². The van der Waals surface area contributed by atoms with E-state index in [4.69, 9.17) is 9.47 Å². The maximum Gasteiger partial charge on any atom is 0.241 e. The lowest BCUT2D eigenvalue weighted by Gasteiger charge is -2.42. The van der Waals surface area contributed by atoms with Crippen LogP contribution in [-0.4, -0.2) is 38.1 Å². The molecule has 0 bridgehead atoms. The van der Waals surface area contributed by atoms with Gasteiger partial charge in [0, 0.05) is 19.1 Å². The summed E-state index contributed by atoms with van der Waals surface area (Å²) in [6.07, 6.45) is 4.08. The maximum atomic E-state index is 13.8. The molecule has 5 heteroatoms. The molecule has 0 saturated heterocycles. The smallest absolute Gasteiger partial charge is 0.241 e. The number of nitrogens with one attached hydrogen (secondary N) is 1. The number of carbonyl (C=O) groups is 1. The minimum atomic E-state index is -0.363. The summed E-state index contributed by atoms with van der Waals surface area (Å²) in [4.78, 5) is 16.2. The molecule has 3 aromatic carbocycles. The maximum absolute atomic E-state index is 13.8. The van der Waals surface area contributed by atoms with E-state index in [0.717, 1.165) is 43.0 Å². The molecule has 1 heterocycles. The van der Waals surface area contributed by atoms with Crippen LogP contribution in [0.3, 0.4) is 0 Å². The molecule has 1 aliphatic heterocycles. The number of carbonyl (C=O) groups excluding carboxylic acids is 1. The lowest BCUT2D eigenvalue weighted by molar-refractivity contribution is -0.128. The Morgan fingerprint density at radius 3 is 2.38 bits per heavy atom. The largest absolute Gasteiger partial charge is 0.493 e. The third kappa shape index (κ3) is 5.52. The molecule has 2 atom stereocenters. The molecule has 1 saturated carbocycles. The lowest BCUT2D eigenvalue weighted by atomic mass is 9.85. The molecule has 1 N–H and O–H groups in total. The summed E-state index contributed by atoms with van der Waals surface area (Å²) in [5, 5.41) is 3.28. The first-order chi connectivity index (χ1) is 18.0. The number of hydrogen-bond acceptors (Lipinski definition) is 4. The number of amides is 1. The van der Waals surface area contributed by atoms with Gasteiger partial charge in [-0.05, 0) is 91.0 Å². The summed E-state index contributed by atoms with van der Waals surface area (Å²) in [5.74, 6) is 2.20. The van der Waals surface area contributed by atoms with E-state index in [-0.39, 0.29) is 18.0 Å². The number of aryl methyl sites for hydroxylation is 2. The van der Waals surface area contributed by atoms with E-state index in [1.807, 2.05) is 18.2 Å². The number of methoxy groups -OCH3 is 2. The lowest BCUT2D eigenvalue weighted by Crippen LogP contribution is -2.46. The van der Waals surface area contributed by atoms with Gasteiger partial charge in [0.2, 0.25) is 5.91 Å². The monoisotopic (exact) mass is 498 g/mol. The first-order valence-corrected chi connectivity index (χ1v) is 13.4. The predicted octanol–water partition coefficient (Wildman–Crippen LogP) is 5.73. The van der Waals surface area contributed by atoms with Gasteiger partial charge in [-0.15, -0.1) is 0 Å². The number of rotatable bonds is 9. The number of nitrogens with zero attached hydrogens (tertiary/aromatic N) is 1. The summed E-state index contributed by atoms with van der Waals surface area (Å²) in [5.41, 5.74) is 7.34. The number of ether oxygens (including phenoxy) is 2. The molecule has 3 aromatic rings. The quantitative estimate of drug-likeness (QED) is 0.409. The van der Waals surface area contributed by atoms with Crippen molar-refractivity contribution in [1.29, 1.82) is 0 Å². The summed E-state index contributed by atoms with van der Waals surface area (Å²) < 4.78 is 11.3. The van der Waals surface area contributed by atoms with Gasteiger partial charge in [0.25, 0.3) is 0 Å². The summed E-state index contributed by atoms with van der Waals surface area (Å²) in [6, 6.07) is 20.8. The molecule has 5 nitrogen and oxygen atoms in total. The van der Waals surface area contributed by atoms with Gasteiger partial charge in [0.05, 0.1) is 14.2 Å². The molecule has 5 rings (SSSR count). The van der Waals surface area contributed by atoms with Crippen molar-refractivity contribution in [3.63, 3.8) is 0 Å². The third-order valence-electron chi connectivity index (χ3n) is 8.00. The fourth-order valence-electron chi connectivity index (χ4n) is 5.53. The molecular formula is C32H38N2O3. The highest BCUT2D eigenvalue weighted by Crippen LogP contribution is 2.43. The topological polar surface area (TPSA) is 50.8 Å². The van der Waals surface area contributed by atoms with E-state index >= 15 is 0 Å². The Balaban J connectivity index is 1.58. The summed E-state index contributed by atoms with van der Waals surface area (Å²) in [7, 11) is 3.36. The van der Waals surface area contributed by atoms with E-state index in [2.05, 4.69) is 66.5 Å². The minimum absolute atomic E-state index is 0.0162. The predicted molar refractivity (Wildman–Crippen MR) is 147 cm³/mol. The van der Waals surface area contributed by atoms with Gasteiger partial charge in [0.1, 0.15) is 6.04 Å². The van der Waals surface area contributed by atoms with Gasteiger partial charge >= 0.3 is 0 Å². The molecule has 1 fully saturated rings. The summed E-state index contributed by atoms with van der Waals surface area (Å²) in [6.45, 7) is 5.86. The zero-order chi connectivity index (χ0) is 25.9. The number of hydrogen-bond donors (Lipinski definition) is 1. The van der Waals surface area contributed by atoms with Gasteiger partial charge in [-0.25, -0.2) is 0 Å². The molecule has 0 radical (unpaired) electrons. The second-order valence-corrected chi connectivity index (χ2v) is 10.5. The van der Waals surface area contributed by atoms with Gasteiger partial charge in [-0.3, -0.25) is 9.69 Å². The van der Waals surface area contributed by atoms with E-state index in [1.54, 1.807) is 14.2 Å². The SMILES string of the molecule is COc1cc2c(cc1OC)[C@H](Cc1ccc(C)c(C)c1)N([C@@H](C(=O)NCC1CC1)c1ccccc1)CC2. The van der Waals surface area contributed by atoms with Crippen molar-refractivity contribution in [3.05, 3.63) is 94.0 Å². The van der Waals surface area contributed by atoms with E-state index < -0.39 is 0 Å². The highest BCUT2D eigenvalue weighted by molar-refractivity contribution is 5.83. The molecule has 1 amide bonds. The Hall–Kier alpha value is -3.31. The Morgan fingerprint density at radius 1 is 0.973 bits per heavy atom. The zero-order valence-electron chi connectivity index (χ0n) is 22.4. The van der Waals surface area contributed by atoms with Gasteiger partial charge in [-0.2, -0.15) is 0 Å². The van der Waals surface area contributed by atoms with Gasteiger partial charge in [0.15, 0.2) is 11.5 Å². The fraction of sp³-hybridized carbons (Fsp3) is 0.406. The molecule has 37 heavy (non-hydrogen) atoms. The van der Waals surface area contributed by atoms with Crippen LogP contribution in [0.5, 0.6) is 11.5 Å². The molecule has 0 unspecified atom stereocenters. The van der Waals surface area contributed by atoms with Crippen LogP contribution in [0.1, 0.15) is 58.3 Å². The van der Waals surface area contributed by atoms with Crippen LogP contribution in [0.15, 0.2) is 60.7 Å². The Morgan fingerprint density at radius 2 is 1.70 bits per heavy atom. The average Bonchev–Trinajstić information content (AvgIpc) is 3.75. The van der Waals surface area contributed by atoms with Crippen molar-refractivity contribution < 1.29 is 14.3 Å². The molecule has 0 spiro atoms. The van der Waals surface area contributed by atoms with Crippen molar-refractivity contribution in [2.45, 2.75) is 51.6 Å². The number of benzene rings is 3. The molecule has 1 aliphatic carbocycles. The van der Waals surface area contributed by atoms with Crippen LogP contribution < -0.4 is 14.8 Å². The first kappa shape index (κ1) is 25.3. The van der Waals surface area contributed by atoms with Crippen LogP contribution >= 0.6 is 0 Å². The van der Waals surface area contributed by atoms with Gasteiger partial charge < -0.3 is 14.8 Å². The van der Waals surface area contributed by atoms with E-state index in [9.17, 15) is 4.79 Å². The normalized spacial score (nSPS) is 18.1. The highest BCUT2D eigenvalue weighted by atomic mass is 16.5. The van der Waals surface area contributed by atoms with Gasteiger partial charge in [-0.1, -0.05) is 48.5 Å². The minimum Gasteiger partial charge on any atom is -0.493 e. The standard InChI is InChI=1S/C32H38N2O3/c1-21-10-11-24(16-22(21)2)17-28-27-19-30(37-4)29(36-3)18-26(27)14-15-34(28)31(25-8-6-5-7-9-25)32(35)33-20-23-12-13-23/h5-11,16,18-19,23,28,31H,12-15,17,20H2,1-4H3,(H,33,35)/t28-,31+/m0/s1. The fourth-order valence-corrected chi connectivity index (χ4v) is 5.53. The second kappa shape index (κ2) is 11.0. The average molecular weight is 499 g/mol. The van der Waals surface area contributed by atoms with E-state index in [0.29, 0.717) is 5.92 Å². The van der Waals surface area contributed by atoms with Crippen LogP contribution in [-0.2, 0) is 17.6 Å². The second-order valence-electron chi connectivity index (χ2n) is 10.5. The molecule has 0 aromatic heterocycles. The van der Waals surface area contributed by atoms with Crippen molar-refractivity contribution in [2.24, 2.45) is 5.92 Å². The Bertz CT molecular complexity index is 1250. The van der Waals surface area contributed by atoms with Crippen LogP contribution in [0.4, 0.5) is 0 Å². The van der Waals surface area contributed by atoms with E-state index in [1.165, 1.54) is 40.7 Å². The Labute approximate surface area is 220 Å². The van der Waals surface area contributed by atoms with Crippen molar-refractivity contribution in [3.8, 4) is 11.5 Å².